The number of nitrogens with zero attached hydrogens (tertiary/aromatic N) is 8. The van der Waals surface area contributed by atoms with Gasteiger partial charge in [-0.3, -0.25) is 0 Å². The van der Waals surface area contributed by atoms with Gasteiger partial charge in [-0.1, -0.05) is 0 Å². The second-order valence-electron chi connectivity index (χ2n) is 9.07. The van der Waals surface area contributed by atoms with E-state index in [9.17, 15) is 0 Å². The molecule has 6 rings (SSSR count). The Morgan fingerprint density at radius 1 is 0.559 bits per heavy atom. The van der Waals surface area contributed by atoms with E-state index in [1.165, 1.54) is 19.2 Å². The van der Waals surface area contributed by atoms with Crippen LogP contribution in [-0.4, -0.2) is 96.2 Å². The summed E-state index contributed by atoms with van der Waals surface area (Å²) < 4.78 is 2.56. The average Bonchev–Trinajstić information content (AvgIpc) is 3.45. The van der Waals surface area contributed by atoms with Gasteiger partial charge in [-0.2, -0.15) is 0 Å². The molecule has 2 aliphatic heterocycles. The fourth-order valence-electron chi connectivity index (χ4n) is 4.36. The normalized spacial score (nSPS) is 18.2. The van der Waals surface area contributed by atoms with E-state index in [1.807, 2.05) is 24.8 Å². The molecule has 0 aliphatic carbocycles. The largest absolute Gasteiger partial charge is 0.338 e. The summed E-state index contributed by atoms with van der Waals surface area (Å²) >= 11 is 3.58. The topological polar surface area (TPSA) is 64.5 Å². The molecule has 0 radical (unpaired) electrons. The minimum Gasteiger partial charge on any atom is -0.338 e. The summed E-state index contributed by atoms with van der Waals surface area (Å²) in [5, 5.41) is 0. The van der Waals surface area contributed by atoms with Crippen LogP contribution in [0.25, 0.3) is 30.3 Å². The van der Waals surface area contributed by atoms with Crippen LogP contribution >= 0.6 is 22.7 Å². The maximum absolute atomic E-state index is 4.66. The summed E-state index contributed by atoms with van der Waals surface area (Å²) in [6, 6.07) is 4.50. The van der Waals surface area contributed by atoms with Gasteiger partial charge >= 0.3 is 0 Å². The van der Waals surface area contributed by atoms with E-state index >= 15 is 0 Å². The highest BCUT2D eigenvalue weighted by Gasteiger charge is 2.18. The van der Waals surface area contributed by atoms with Crippen LogP contribution in [0.2, 0.25) is 0 Å². The zero-order chi connectivity index (χ0) is 23.1. The number of hydrogen-bond donors (Lipinski definition) is 0. The first kappa shape index (κ1) is 21.8. The van der Waals surface area contributed by atoms with Crippen molar-refractivity contribution in [3.8, 4) is 20.9 Å². The van der Waals surface area contributed by atoms with Gasteiger partial charge in [0.05, 0.1) is 0 Å². The first-order chi connectivity index (χ1) is 16.6. The third-order valence-corrected chi connectivity index (χ3v) is 9.02. The van der Waals surface area contributed by atoms with Crippen molar-refractivity contribution in [3.63, 3.8) is 0 Å². The summed E-state index contributed by atoms with van der Waals surface area (Å²) in [4.78, 5) is 30.3. The van der Waals surface area contributed by atoms with Gasteiger partial charge < -0.3 is 19.6 Å². The van der Waals surface area contributed by atoms with Crippen molar-refractivity contribution in [2.75, 3.05) is 76.3 Å². The molecule has 176 valence electrons. The Bertz CT molecular complexity index is 1120. The molecular weight excluding hydrogens is 464 g/mol. The van der Waals surface area contributed by atoms with Crippen molar-refractivity contribution < 1.29 is 0 Å². The minimum atomic E-state index is 0.831. The van der Waals surface area contributed by atoms with Crippen LogP contribution in [0.4, 0.5) is 11.9 Å². The van der Waals surface area contributed by atoms with Crippen LogP contribution in [-0.2, 0) is 0 Å². The summed E-state index contributed by atoms with van der Waals surface area (Å²) in [6.07, 6.45) is 7.84. The Hall–Kier alpha value is -2.66. The predicted molar refractivity (Wildman–Crippen MR) is 141 cm³/mol. The van der Waals surface area contributed by atoms with Crippen LogP contribution in [0, 0.1) is 0 Å². The van der Waals surface area contributed by atoms with E-state index in [4.69, 9.17) is 0 Å². The molecule has 2 aliphatic rings. The lowest BCUT2D eigenvalue weighted by Gasteiger charge is -2.32. The number of hydrogen-bond acceptors (Lipinski definition) is 10. The highest BCUT2D eigenvalue weighted by atomic mass is 32.1. The van der Waals surface area contributed by atoms with Gasteiger partial charge in [0, 0.05) is 107 Å². The van der Waals surface area contributed by atoms with Crippen LogP contribution in [0.15, 0.2) is 36.9 Å². The smallest absolute Gasteiger partial charge is 0.225 e. The molecule has 4 aromatic heterocycles. The van der Waals surface area contributed by atoms with E-state index in [-0.39, 0.29) is 0 Å². The monoisotopic (exact) mass is 492 g/mol. The number of likely N-dealkylation sites (N-methyl/N-ethyl adjacent to an activating group) is 2. The lowest BCUT2D eigenvalue weighted by Crippen LogP contribution is -2.45. The summed E-state index contributed by atoms with van der Waals surface area (Å²) in [6.45, 7) is 8.13. The molecule has 34 heavy (non-hydrogen) atoms. The average molecular weight is 493 g/mol. The molecule has 0 bridgehead atoms. The molecule has 0 atom stereocenters. The molecule has 10 heteroatoms. The van der Waals surface area contributed by atoms with Crippen molar-refractivity contribution >= 4 is 44.0 Å². The maximum Gasteiger partial charge on any atom is 0.225 e. The first-order valence-electron chi connectivity index (χ1n) is 11.7. The molecule has 2 fully saturated rings. The van der Waals surface area contributed by atoms with Gasteiger partial charge in [0.1, 0.15) is 0 Å². The van der Waals surface area contributed by atoms with Gasteiger partial charge in [0.15, 0.2) is 0 Å². The number of thiophene rings is 2. The Balaban J connectivity index is 1.16. The van der Waals surface area contributed by atoms with E-state index in [0.29, 0.717) is 0 Å². The number of anilines is 2. The second kappa shape index (κ2) is 9.18. The van der Waals surface area contributed by atoms with Crippen LogP contribution in [0.5, 0.6) is 0 Å². The minimum absolute atomic E-state index is 0.831. The van der Waals surface area contributed by atoms with E-state index in [0.717, 1.165) is 75.4 Å². The maximum atomic E-state index is 4.66. The van der Waals surface area contributed by atoms with Crippen LogP contribution < -0.4 is 9.80 Å². The van der Waals surface area contributed by atoms with Crippen molar-refractivity contribution in [1.82, 2.24) is 29.7 Å². The fourth-order valence-corrected chi connectivity index (χ4v) is 6.70. The Labute approximate surface area is 207 Å². The zero-order valence-electron chi connectivity index (χ0n) is 19.5. The molecule has 4 aromatic rings. The molecule has 0 unspecified atom stereocenters. The van der Waals surface area contributed by atoms with Crippen LogP contribution in [0.1, 0.15) is 0 Å². The van der Waals surface area contributed by atoms with E-state index in [2.05, 4.69) is 65.8 Å². The highest BCUT2D eigenvalue weighted by molar-refractivity contribution is 7.31. The Kier molecular flexibility index (Phi) is 5.90. The SMILES string of the molecule is CN1CCN(c2ncc(-c3cc4sc(-c5cnc(N6CCN(C)CC6)nc5)cc4s3)cn2)CC1. The molecule has 0 saturated carbocycles. The van der Waals surface area contributed by atoms with E-state index < -0.39 is 0 Å². The first-order valence-corrected chi connectivity index (χ1v) is 13.3. The molecule has 0 aromatic carbocycles. The van der Waals surface area contributed by atoms with Crippen molar-refractivity contribution in [1.29, 1.82) is 0 Å². The lowest BCUT2D eigenvalue weighted by molar-refractivity contribution is 0.311. The molecule has 0 amide bonds. The van der Waals surface area contributed by atoms with Crippen LogP contribution in [0.3, 0.4) is 0 Å². The third kappa shape index (κ3) is 4.38. The van der Waals surface area contributed by atoms with Gasteiger partial charge in [-0.05, 0) is 26.2 Å². The third-order valence-electron chi connectivity index (χ3n) is 6.62. The van der Waals surface area contributed by atoms with Crippen molar-refractivity contribution in [3.05, 3.63) is 36.9 Å². The Morgan fingerprint density at radius 3 is 1.26 bits per heavy atom. The summed E-state index contributed by atoms with van der Waals surface area (Å²) in [5.41, 5.74) is 2.15. The van der Waals surface area contributed by atoms with Gasteiger partial charge in [0.25, 0.3) is 0 Å². The van der Waals surface area contributed by atoms with Crippen molar-refractivity contribution in [2.24, 2.45) is 0 Å². The quantitative estimate of drug-likeness (QED) is 0.430. The van der Waals surface area contributed by atoms with Crippen molar-refractivity contribution in [2.45, 2.75) is 0 Å². The lowest BCUT2D eigenvalue weighted by atomic mass is 10.2. The van der Waals surface area contributed by atoms with Gasteiger partial charge in [-0.15, -0.1) is 22.7 Å². The highest BCUT2D eigenvalue weighted by Crippen LogP contribution is 2.41. The fraction of sp³-hybridized carbons (Fsp3) is 0.417. The van der Waals surface area contributed by atoms with Gasteiger partial charge in [0.2, 0.25) is 11.9 Å². The predicted octanol–water partition coefficient (Wildman–Crippen LogP) is 3.38. The molecule has 0 spiro atoms. The molecular formula is C24H28N8S2. The molecule has 0 N–H and O–H groups in total. The second-order valence-corrected chi connectivity index (χ2v) is 11.2. The van der Waals surface area contributed by atoms with E-state index in [1.54, 1.807) is 22.7 Å². The molecule has 6 heterocycles. The molecule has 2 saturated heterocycles. The summed E-state index contributed by atoms with van der Waals surface area (Å²) in [5.74, 6) is 1.66. The van der Waals surface area contributed by atoms with Gasteiger partial charge in [-0.25, -0.2) is 19.9 Å². The Morgan fingerprint density at radius 2 is 0.912 bits per heavy atom. The standard InChI is InChI=1S/C24H28N8S2/c1-29-3-7-31(8-4-29)23-25-13-17(14-26-23)19-11-21-22(33-19)12-20(34-21)18-15-27-24(28-16-18)32-9-5-30(2)6-10-32/h11-16H,3-10H2,1-2H3. The number of rotatable bonds is 4. The zero-order valence-corrected chi connectivity index (χ0v) is 21.1. The number of aromatic nitrogens is 4. The summed E-state index contributed by atoms with van der Waals surface area (Å²) in [7, 11) is 4.32. The molecule has 8 nitrogen and oxygen atoms in total. The number of fused-ring (bicyclic) bond motifs is 1. The number of piperazine rings is 2.